The van der Waals surface area contributed by atoms with Gasteiger partial charge in [-0.15, -0.1) is 10.2 Å². The zero-order valence-electron chi connectivity index (χ0n) is 11.8. The van der Waals surface area contributed by atoms with E-state index in [1.807, 2.05) is 54.6 Å². The van der Waals surface area contributed by atoms with Crippen molar-refractivity contribution in [1.82, 2.24) is 10.2 Å². The minimum absolute atomic E-state index is 0.614. The van der Waals surface area contributed by atoms with Crippen LogP contribution < -0.4 is 5.36 Å². The van der Waals surface area contributed by atoms with Crippen LogP contribution in [-0.2, 0) is 0 Å². The second-order valence-corrected chi connectivity index (χ2v) is 6.08. The van der Waals surface area contributed by atoms with Crippen LogP contribution in [0.25, 0.3) is 22.3 Å². The molecule has 2 aromatic carbocycles. The molecule has 2 aromatic heterocycles. The molecule has 0 aliphatic heterocycles. The van der Waals surface area contributed by atoms with Crippen LogP contribution in [0.15, 0.2) is 69.5 Å². The van der Waals surface area contributed by atoms with Gasteiger partial charge in [0.2, 0.25) is 5.13 Å². The Morgan fingerprint density at radius 3 is 2.65 bits per heavy atom. The average Bonchev–Trinajstić information content (AvgIpc) is 3.08. The number of fused-ring (bicyclic) bond motifs is 1. The third kappa shape index (κ3) is 2.88. The van der Waals surface area contributed by atoms with Gasteiger partial charge in [0.05, 0.1) is 5.36 Å². The van der Waals surface area contributed by atoms with Crippen molar-refractivity contribution in [3.05, 3.63) is 70.5 Å². The second-order valence-electron chi connectivity index (χ2n) is 4.83. The van der Waals surface area contributed by atoms with E-state index in [9.17, 15) is 0 Å². The number of rotatable bonds is 2. The summed E-state index contributed by atoms with van der Waals surface area (Å²) < 4.78 is 6.01. The SMILES string of the molecule is Clc1ccc(-c2cc(=Nc3nncs3)c3ccccc3o2)cc1. The molecule has 0 unspecified atom stereocenters. The van der Waals surface area contributed by atoms with E-state index in [0.717, 1.165) is 27.7 Å². The van der Waals surface area contributed by atoms with Gasteiger partial charge in [0.15, 0.2) is 0 Å². The fraction of sp³-hybridized carbons (Fsp3) is 0. The first-order valence-corrected chi connectivity index (χ1v) is 8.15. The van der Waals surface area contributed by atoms with Crippen molar-refractivity contribution >= 4 is 39.0 Å². The minimum atomic E-state index is 0.614. The van der Waals surface area contributed by atoms with Crippen molar-refractivity contribution in [3.8, 4) is 11.3 Å². The molecule has 2 heterocycles. The smallest absolute Gasteiger partial charge is 0.231 e. The van der Waals surface area contributed by atoms with Crippen molar-refractivity contribution in [2.45, 2.75) is 0 Å². The Labute approximate surface area is 140 Å². The fourth-order valence-corrected chi connectivity index (χ4v) is 2.84. The first kappa shape index (κ1) is 14.1. The molecule has 4 aromatic rings. The van der Waals surface area contributed by atoms with Crippen LogP contribution in [0.5, 0.6) is 0 Å². The maximum Gasteiger partial charge on any atom is 0.231 e. The summed E-state index contributed by atoms with van der Waals surface area (Å²) in [6.45, 7) is 0. The van der Waals surface area contributed by atoms with Gasteiger partial charge in [-0.1, -0.05) is 35.1 Å². The molecule has 0 radical (unpaired) electrons. The molecule has 0 fully saturated rings. The number of benzene rings is 2. The second kappa shape index (κ2) is 5.95. The Kier molecular flexibility index (Phi) is 3.65. The van der Waals surface area contributed by atoms with Gasteiger partial charge in [-0.2, -0.15) is 0 Å². The van der Waals surface area contributed by atoms with Crippen LogP contribution in [0, 0.1) is 0 Å². The van der Waals surface area contributed by atoms with Crippen molar-refractivity contribution in [2.24, 2.45) is 4.99 Å². The lowest BCUT2D eigenvalue weighted by atomic mass is 10.1. The summed E-state index contributed by atoms with van der Waals surface area (Å²) in [6, 6.07) is 17.2. The van der Waals surface area contributed by atoms with Crippen LogP contribution in [0.2, 0.25) is 5.02 Å². The van der Waals surface area contributed by atoms with Gasteiger partial charge in [0.25, 0.3) is 0 Å². The van der Waals surface area contributed by atoms with Crippen LogP contribution >= 0.6 is 22.9 Å². The Morgan fingerprint density at radius 2 is 1.87 bits per heavy atom. The van der Waals surface area contributed by atoms with E-state index < -0.39 is 0 Å². The van der Waals surface area contributed by atoms with E-state index >= 15 is 0 Å². The van der Waals surface area contributed by atoms with E-state index in [1.165, 1.54) is 11.3 Å². The molecule has 0 N–H and O–H groups in total. The summed E-state index contributed by atoms with van der Waals surface area (Å²) in [7, 11) is 0. The molecule has 112 valence electrons. The molecule has 0 saturated heterocycles. The highest BCUT2D eigenvalue weighted by atomic mass is 35.5. The molecule has 4 rings (SSSR count). The van der Waals surface area contributed by atoms with Gasteiger partial charge in [-0.25, -0.2) is 4.99 Å². The van der Waals surface area contributed by atoms with Gasteiger partial charge in [0, 0.05) is 22.0 Å². The molecule has 0 amide bonds. The largest absolute Gasteiger partial charge is 0.456 e. The van der Waals surface area contributed by atoms with E-state index in [0.29, 0.717) is 10.2 Å². The van der Waals surface area contributed by atoms with Gasteiger partial charge in [-0.3, -0.25) is 0 Å². The lowest BCUT2D eigenvalue weighted by molar-refractivity contribution is 0.618. The summed E-state index contributed by atoms with van der Waals surface area (Å²) >= 11 is 7.35. The molecule has 0 atom stereocenters. The predicted molar refractivity (Wildman–Crippen MR) is 91.8 cm³/mol. The predicted octanol–water partition coefficient (Wildman–Crippen LogP) is 4.84. The third-order valence-corrected chi connectivity index (χ3v) is 4.18. The van der Waals surface area contributed by atoms with Crippen LogP contribution in [-0.4, -0.2) is 10.2 Å². The molecule has 0 bridgehead atoms. The number of halogens is 1. The van der Waals surface area contributed by atoms with Gasteiger partial charge in [0.1, 0.15) is 16.9 Å². The van der Waals surface area contributed by atoms with E-state index in [1.54, 1.807) is 5.51 Å². The molecule has 0 aliphatic rings. The molecule has 0 saturated carbocycles. The minimum Gasteiger partial charge on any atom is -0.456 e. The fourth-order valence-electron chi connectivity index (χ4n) is 2.29. The van der Waals surface area contributed by atoms with Crippen LogP contribution in [0.4, 0.5) is 5.13 Å². The molecule has 0 aliphatic carbocycles. The van der Waals surface area contributed by atoms with Crippen molar-refractivity contribution in [2.75, 3.05) is 0 Å². The molecule has 4 nitrogen and oxygen atoms in total. The van der Waals surface area contributed by atoms with Crippen molar-refractivity contribution in [3.63, 3.8) is 0 Å². The number of aromatic nitrogens is 2. The monoisotopic (exact) mass is 339 g/mol. The van der Waals surface area contributed by atoms with Crippen molar-refractivity contribution < 1.29 is 4.42 Å². The Bertz CT molecular complexity index is 1020. The maximum atomic E-state index is 6.01. The highest BCUT2D eigenvalue weighted by molar-refractivity contribution is 7.13. The maximum absolute atomic E-state index is 6.01. The quantitative estimate of drug-likeness (QED) is 0.525. The first-order chi connectivity index (χ1) is 11.3. The van der Waals surface area contributed by atoms with E-state index in [4.69, 9.17) is 16.0 Å². The normalized spacial score (nSPS) is 12.0. The zero-order chi connectivity index (χ0) is 15.6. The summed E-state index contributed by atoms with van der Waals surface area (Å²) in [4.78, 5) is 4.59. The standard InChI is InChI=1S/C17H10ClN3OS/c18-12-7-5-11(6-8-12)16-9-14(20-17-21-19-10-23-17)13-3-1-2-4-15(13)22-16/h1-10H. The van der Waals surface area contributed by atoms with Crippen LogP contribution in [0.3, 0.4) is 0 Å². The summed E-state index contributed by atoms with van der Waals surface area (Å²) in [5.41, 5.74) is 3.37. The summed E-state index contributed by atoms with van der Waals surface area (Å²) in [5, 5.41) is 10.8. The van der Waals surface area contributed by atoms with E-state index in [-0.39, 0.29) is 0 Å². The first-order valence-electron chi connectivity index (χ1n) is 6.89. The highest BCUT2D eigenvalue weighted by Gasteiger charge is 2.06. The lowest BCUT2D eigenvalue weighted by Crippen LogP contribution is -2.02. The zero-order valence-corrected chi connectivity index (χ0v) is 13.4. The molecular weight excluding hydrogens is 330 g/mol. The average molecular weight is 340 g/mol. The number of hydrogen-bond donors (Lipinski definition) is 0. The topological polar surface area (TPSA) is 51.3 Å². The van der Waals surface area contributed by atoms with Gasteiger partial charge in [-0.05, 0) is 36.4 Å². The molecule has 0 spiro atoms. The molecule has 6 heteroatoms. The number of nitrogens with zero attached hydrogens (tertiary/aromatic N) is 3. The van der Waals surface area contributed by atoms with Crippen molar-refractivity contribution in [1.29, 1.82) is 0 Å². The van der Waals surface area contributed by atoms with Crippen LogP contribution in [0.1, 0.15) is 0 Å². The number of para-hydroxylation sites is 1. The Balaban J connectivity index is 1.99. The van der Waals surface area contributed by atoms with Gasteiger partial charge < -0.3 is 4.42 Å². The molecule has 23 heavy (non-hydrogen) atoms. The number of hydrogen-bond acceptors (Lipinski definition) is 5. The Hall–Kier alpha value is -2.50. The Morgan fingerprint density at radius 1 is 1.04 bits per heavy atom. The highest BCUT2D eigenvalue weighted by Crippen LogP contribution is 2.24. The van der Waals surface area contributed by atoms with E-state index in [2.05, 4.69) is 15.2 Å². The lowest BCUT2D eigenvalue weighted by Gasteiger charge is -2.04. The van der Waals surface area contributed by atoms with Gasteiger partial charge >= 0.3 is 0 Å². The third-order valence-electron chi connectivity index (χ3n) is 3.34. The summed E-state index contributed by atoms with van der Waals surface area (Å²) in [6.07, 6.45) is 0. The molecular formula is C17H10ClN3OS. The summed E-state index contributed by atoms with van der Waals surface area (Å²) in [5.74, 6) is 0.726.